The van der Waals surface area contributed by atoms with Crippen LogP contribution in [0.4, 0.5) is 0 Å². The van der Waals surface area contributed by atoms with Crippen LogP contribution in [-0.4, -0.2) is 27.9 Å². The largest absolute Gasteiger partial charge is 0.487 e. The van der Waals surface area contributed by atoms with Crippen molar-refractivity contribution in [2.45, 2.75) is 52.4 Å². The van der Waals surface area contributed by atoms with E-state index in [9.17, 15) is 0 Å². The molecule has 1 aliphatic heterocycles. The number of nitrogens with zero attached hydrogens (tertiary/aromatic N) is 2. The minimum absolute atomic E-state index is 0.289. The summed E-state index contributed by atoms with van der Waals surface area (Å²) >= 11 is 0. The van der Waals surface area contributed by atoms with Gasteiger partial charge in [-0.1, -0.05) is 5.98 Å². The summed E-state index contributed by atoms with van der Waals surface area (Å²) < 4.78 is 13.9. The van der Waals surface area contributed by atoms with E-state index >= 15 is 0 Å². The second kappa shape index (κ2) is 4.55. The molecule has 1 aromatic rings. The molecule has 4 nitrogen and oxygen atoms in total. The fraction of sp³-hybridized carbons (Fsp3) is 0.615. The zero-order chi connectivity index (χ0) is 13.4. The van der Waals surface area contributed by atoms with E-state index in [1.807, 2.05) is 45.9 Å². The summed E-state index contributed by atoms with van der Waals surface area (Å²) in [5, 5.41) is 0. The molecule has 1 saturated heterocycles. The van der Waals surface area contributed by atoms with Gasteiger partial charge in [-0.3, -0.25) is 0 Å². The zero-order valence-corrected chi connectivity index (χ0v) is 11.8. The molecule has 0 N–H and O–H groups in total. The van der Waals surface area contributed by atoms with Gasteiger partial charge in [0.25, 0.3) is 0 Å². The fourth-order valence-corrected chi connectivity index (χ4v) is 1.88. The average Bonchev–Trinajstić information content (AvgIpc) is 2.78. The lowest BCUT2D eigenvalue weighted by Crippen LogP contribution is -2.41. The van der Waals surface area contributed by atoms with Gasteiger partial charge in [0.2, 0.25) is 0 Å². The van der Waals surface area contributed by atoms with Gasteiger partial charge in [0.15, 0.2) is 0 Å². The number of aromatic nitrogens is 2. The van der Waals surface area contributed by atoms with E-state index in [1.54, 1.807) is 6.20 Å². The highest BCUT2D eigenvalue weighted by atomic mass is 16.7. The molecule has 18 heavy (non-hydrogen) atoms. The highest BCUT2D eigenvalue weighted by Gasteiger charge is 2.50. The molecule has 0 amide bonds. The standard InChI is InChI=1S/C13H21BN2O2/c1-6-16-10-9-15-11(16)7-8-14-17-12(2,3)13(4,5)18-14/h7-10H,6H2,1-5H3/b8-7+. The Labute approximate surface area is 109 Å². The van der Waals surface area contributed by atoms with Gasteiger partial charge in [0.1, 0.15) is 5.82 Å². The SMILES string of the molecule is CCn1ccnc1/C=C/B1OC(C)(C)C(C)(C)O1. The monoisotopic (exact) mass is 248 g/mol. The summed E-state index contributed by atoms with van der Waals surface area (Å²) in [6.45, 7) is 11.2. The molecule has 0 spiro atoms. The first-order valence-corrected chi connectivity index (χ1v) is 6.41. The topological polar surface area (TPSA) is 36.3 Å². The average molecular weight is 248 g/mol. The smallest absolute Gasteiger partial charge is 0.400 e. The van der Waals surface area contributed by atoms with Gasteiger partial charge < -0.3 is 13.9 Å². The summed E-state index contributed by atoms with van der Waals surface area (Å²) in [6, 6.07) is 0. The fourth-order valence-electron chi connectivity index (χ4n) is 1.88. The third kappa shape index (κ3) is 2.38. The number of rotatable bonds is 3. The van der Waals surface area contributed by atoms with Crippen molar-refractivity contribution in [3.63, 3.8) is 0 Å². The minimum atomic E-state index is -0.308. The molecule has 0 radical (unpaired) electrons. The number of aryl methyl sites for hydroxylation is 1. The molecule has 0 bridgehead atoms. The van der Waals surface area contributed by atoms with Crippen LogP contribution < -0.4 is 0 Å². The van der Waals surface area contributed by atoms with E-state index in [4.69, 9.17) is 9.31 Å². The molecule has 0 aliphatic carbocycles. The van der Waals surface area contributed by atoms with Crippen molar-refractivity contribution >= 4 is 13.2 Å². The molecule has 98 valence electrons. The Kier molecular flexibility index (Phi) is 3.38. The predicted octanol–water partition coefficient (Wildman–Crippen LogP) is 2.55. The lowest BCUT2D eigenvalue weighted by molar-refractivity contribution is 0.00578. The van der Waals surface area contributed by atoms with Gasteiger partial charge in [0, 0.05) is 18.9 Å². The van der Waals surface area contributed by atoms with Crippen molar-refractivity contribution in [2.75, 3.05) is 0 Å². The quantitative estimate of drug-likeness (QED) is 0.771. The third-order valence-electron chi connectivity index (χ3n) is 3.76. The van der Waals surface area contributed by atoms with Crippen molar-refractivity contribution in [2.24, 2.45) is 0 Å². The van der Waals surface area contributed by atoms with Crippen LogP contribution in [0.1, 0.15) is 40.4 Å². The molecule has 0 atom stereocenters. The van der Waals surface area contributed by atoms with Gasteiger partial charge in [0.05, 0.1) is 11.2 Å². The van der Waals surface area contributed by atoms with Crippen LogP contribution in [-0.2, 0) is 15.9 Å². The highest BCUT2D eigenvalue weighted by molar-refractivity contribution is 6.52. The van der Waals surface area contributed by atoms with E-state index in [2.05, 4.69) is 16.5 Å². The maximum absolute atomic E-state index is 5.89. The van der Waals surface area contributed by atoms with Crippen LogP contribution in [0, 0.1) is 0 Å². The first-order chi connectivity index (χ1) is 8.36. The van der Waals surface area contributed by atoms with Crippen LogP contribution in [0.2, 0.25) is 0 Å². The van der Waals surface area contributed by atoms with Gasteiger partial charge in [-0.2, -0.15) is 0 Å². The van der Waals surface area contributed by atoms with Crippen molar-refractivity contribution in [1.82, 2.24) is 9.55 Å². The van der Waals surface area contributed by atoms with Gasteiger partial charge in [-0.25, -0.2) is 4.98 Å². The number of hydrogen-bond acceptors (Lipinski definition) is 3. The molecule has 5 heteroatoms. The molecule has 1 fully saturated rings. The van der Waals surface area contributed by atoms with Crippen LogP contribution in [0.15, 0.2) is 18.4 Å². The van der Waals surface area contributed by atoms with Gasteiger partial charge in [-0.05, 0) is 40.7 Å². The van der Waals surface area contributed by atoms with Crippen molar-refractivity contribution in [3.05, 3.63) is 24.2 Å². The Morgan fingerprint density at radius 2 is 1.89 bits per heavy atom. The summed E-state index contributed by atoms with van der Waals surface area (Å²) in [5.41, 5.74) is -0.579. The Hall–Kier alpha value is -1.07. The molecule has 0 unspecified atom stereocenters. The van der Waals surface area contributed by atoms with Crippen molar-refractivity contribution in [1.29, 1.82) is 0 Å². The molecule has 2 rings (SSSR count). The lowest BCUT2D eigenvalue weighted by atomic mass is 9.90. The molecule has 0 saturated carbocycles. The van der Waals surface area contributed by atoms with E-state index < -0.39 is 0 Å². The Bertz CT molecular complexity index is 436. The van der Waals surface area contributed by atoms with Crippen LogP contribution in [0.5, 0.6) is 0 Å². The second-order valence-corrected chi connectivity index (χ2v) is 5.56. The summed E-state index contributed by atoms with van der Waals surface area (Å²) in [5.74, 6) is 2.84. The van der Waals surface area contributed by atoms with E-state index in [0.717, 1.165) is 12.4 Å². The molecular weight excluding hydrogens is 227 g/mol. The minimum Gasteiger partial charge on any atom is -0.400 e. The first-order valence-electron chi connectivity index (χ1n) is 6.41. The van der Waals surface area contributed by atoms with Crippen molar-refractivity contribution in [3.8, 4) is 0 Å². The molecule has 2 heterocycles. The van der Waals surface area contributed by atoms with Crippen molar-refractivity contribution < 1.29 is 9.31 Å². The maximum Gasteiger partial charge on any atom is 0.487 e. The van der Waals surface area contributed by atoms with Crippen LogP contribution in [0.25, 0.3) is 6.08 Å². The molecule has 0 aromatic carbocycles. The predicted molar refractivity (Wildman–Crippen MR) is 73.0 cm³/mol. The molecule has 1 aromatic heterocycles. The maximum atomic E-state index is 5.89. The second-order valence-electron chi connectivity index (χ2n) is 5.56. The Balaban J connectivity index is 2.08. The number of imidazole rings is 1. The summed E-state index contributed by atoms with van der Waals surface area (Å²) in [7, 11) is -0.308. The normalized spacial score (nSPS) is 21.9. The molecular formula is C13H21BN2O2. The highest BCUT2D eigenvalue weighted by Crippen LogP contribution is 2.36. The zero-order valence-electron chi connectivity index (χ0n) is 11.8. The Morgan fingerprint density at radius 3 is 2.44 bits per heavy atom. The van der Waals surface area contributed by atoms with Gasteiger partial charge >= 0.3 is 7.12 Å². The van der Waals surface area contributed by atoms with E-state index in [1.165, 1.54) is 0 Å². The summed E-state index contributed by atoms with van der Waals surface area (Å²) in [4.78, 5) is 4.29. The van der Waals surface area contributed by atoms with Gasteiger partial charge in [-0.15, -0.1) is 0 Å². The first kappa shape index (κ1) is 13.4. The lowest BCUT2D eigenvalue weighted by Gasteiger charge is -2.32. The third-order valence-corrected chi connectivity index (χ3v) is 3.76. The van der Waals surface area contributed by atoms with E-state index in [-0.39, 0.29) is 18.3 Å². The Morgan fingerprint density at radius 1 is 1.28 bits per heavy atom. The molecule has 1 aliphatic rings. The number of hydrogen-bond donors (Lipinski definition) is 0. The van der Waals surface area contributed by atoms with E-state index in [0.29, 0.717) is 0 Å². The van der Waals surface area contributed by atoms with Crippen LogP contribution >= 0.6 is 0 Å². The summed E-state index contributed by atoms with van der Waals surface area (Å²) in [6.07, 6.45) is 5.71. The van der Waals surface area contributed by atoms with Crippen LogP contribution in [0.3, 0.4) is 0 Å².